The molecule has 0 amide bonds. The first kappa shape index (κ1) is 10.6. The average molecular weight is 227 g/mol. The smallest absolute Gasteiger partial charge is 0.151 e. The van der Waals surface area contributed by atoms with E-state index in [1.165, 1.54) is 0 Å². The number of alkyl halides is 1. The van der Waals surface area contributed by atoms with Gasteiger partial charge in [-0.25, -0.2) is 0 Å². The molecule has 0 spiro atoms. The molecule has 2 rings (SSSR count). The van der Waals surface area contributed by atoms with E-state index in [9.17, 15) is 0 Å². The van der Waals surface area contributed by atoms with Crippen molar-refractivity contribution in [1.82, 2.24) is 15.1 Å². The molecule has 1 aromatic rings. The van der Waals surface area contributed by atoms with Crippen LogP contribution in [0.5, 0.6) is 0 Å². The van der Waals surface area contributed by atoms with Gasteiger partial charge in [-0.2, -0.15) is 5.10 Å². The number of likely N-dealkylation sites (N-methyl/N-ethyl adjacent to an activating group) is 1. The first-order valence-electron chi connectivity index (χ1n) is 5.11. The van der Waals surface area contributed by atoms with Crippen molar-refractivity contribution in [2.45, 2.75) is 5.88 Å². The van der Waals surface area contributed by atoms with Gasteiger partial charge in [0.25, 0.3) is 0 Å². The molecule has 0 N–H and O–H groups in total. The molecule has 0 saturated carbocycles. The largest absolute Gasteiger partial charge is 0.353 e. The highest BCUT2D eigenvalue weighted by atomic mass is 35.5. The molecule has 0 unspecified atom stereocenters. The minimum absolute atomic E-state index is 0.427. The molecule has 1 fully saturated rings. The van der Waals surface area contributed by atoms with Crippen LogP contribution in [-0.2, 0) is 5.88 Å². The molecule has 0 aromatic carbocycles. The van der Waals surface area contributed by atoms with Gasteiger partial charge in [-0.15, -0.1) is 16.7 Å². The van der Waals surface area contributed by atoms with E-state index in [-0.39, 0.29) is 0 Å². The number of hydrogen-bond donors (Lipinski definition) is 0. The van der Waals surface area contributed by atoms with Crippen molar-refractivity contribution >= 4 is 17.4 Å². The summed E-state index contributed by atoms with van der Waals surface area (Å²) in [6.45, 7) is 4.20. The molecular weight excluding hydrogens is 212 g/mol. The highest BCUT2D eigenvalue weighted by Crippen LogP contribution is 2.12. The van der Waals surface area contributed by atoms with E-state index < -0.39 is 0 Å². The highest BCUT2D eigenvalue weighted by molar-refractivity contribution is 6.16. The van der Waals surface area contributed by atoms with Crippen molar-refractivity contribution in [3.05, 3.63) is 17.8 Å². The third kappa shape index (κ3) is 2.58. The Bertz CT molecular complexity index is 306. The SMILES string of the molecule is CN1CCN(c2ccc(CCl)nn2)CC1. The molecule has 4 nitrogen and oxygen atoms in total. The summed E-state index contributed by atoms with van der Waals surface area (Å²) in [6.07, 6.45) is 0. The fourth-order valence-corrected chi connectivity index (χ4v) is 1.77. The van der Waals surface area contributed by atoms with Crippen molar-refractivity contribution in [3.63, 3.8) is 0 Å². The number of nitrogens with zero attached hydrogens (tertiary/aromatic N) is 4. The third-order valence-electron chi connectivity index (χ3n) is 2.67. The summed E-state index contributed by atoms with van der Waals surface area (Å²) in [6, 6.07) is 3.93. The average Bonchev–Trinajstić information content (AvgIpc) is 2.30. The van der Waals surface area contributed by atoms with E-state index in [1.54, 1.807) is 0 Å². The van der Waals surface area contributed by atoms with Crippen LogP contribution in [0.4, 0.5) is 5.82 Å². The normalized spacial score (nSPS) is 18.1. The molecule has 1 aromatic heterocycles. The lowest BCUT2D eigenvalue weighted by atomic mass is 10.3. The van der Waals surface area contributed by atoms with Crippen LogP contribution in [0.25, 0.3) is 0 Å². The van der Waals surface area contributed by atoms with Gasteiger partial charge < -0.3 is 9.80 Å². The van der Waals surface area contributed by atoms with Gasteiger partial charge in [0.05, 0.1) is 11.6 Å². The number of halogens is 1. The van der Waals surface area contributed by atoms with Crippen molar-refractivity contribution in [2.75, 3.05) is 38.1 Å². The molecule has 1 aliphatic rings. The van der Waals surface area contributed by atoms with E-state index >= 15 is 0 Å². The predicted octanol–water partition coefficient (Wildman–Crippen LogP) is 0.967. The zero-order valence-electron chi connectivity index (χ0n) is 8.86. The predicted molar refractivity (Wildman–Crippen MR) is 61.3 cm³/mol. The molecule has 1 saturated heterocycles. The maximum Gasteiger partial charge on any atom is 0.151 e. The second-order valence-electron chi connectivity index (χ2n) is 3.81. The lowest BCUT2D eigenvalue weighted by Crippen LogP contribution is -2.44. The molecule has 15 heavy (non-hydrogen) atoms. The molecule has 2 heterocycles. The van der Waals surface area contributed by atoms with Crippen LogP contribution in [0, 0.1) is 0 Å². The number of rotatable bonds is 2. The number of piperazine rings is 1. The van der Waals surface area contributed by atoms with Crippen LogP contribution in [0.2, 0.25) is 0 Å². The lowest BCUT2D eigenvalue weighted by Gasteiger charge is -2.32. The summed E-state index contributed by atoms with van der Waals surface area (Å²) in [5.74, 6) is 1.38. The Kier molecular flexibility index (Phi) is 3.38. The quantitative estimate of drug-likeness (QED) is 0.704. The van der Waals surface area contributed by atoms with Gasteiger partial charge in [0.2, 0.25) is 0 Å². The highest BCUT2D eigenvalue weighted by Gasteiger charge is 2.15. The van der Waals surface area contributed by atoms with Gasteiger partial charge in [-0.05, 0) is 19.2 Å². The minimum Gasteiger partial charge on any atom is -0.353 e. The van der Waals surface area contributed by atoms with Gasteiger partial charge in [0, 0.05) is 26.2 Å². The number of anilines is 1. The first-order valence-corrected chi connectivity index (χ1v) is 5.65. The number of hydrogen-bond acceptors (Lipinski definition) is 4. The summed E-state index contributed by atoms with van der Waals surface area (Å²) < 4.78 is 0. The summed E-state index contributed by atoms with van der Waals surface area (Å²) >= 11 is 5.66. The molecule has 0 bridgehead atoms. The fourth-order valence-electron chi connectivity index (χ4n) is 1.63. The first-order chi connectivity index (χ1) is 7.29. The molecular formula is C10H15ClN4. The zero-order valence-corrected chi connectivity index (χ0v) is 9.61. The Morgan fingerprint density at radius 2 is 1.93 bits per heavy atom. The maximum atomic E-state index is 5.66. The van der Waals surface area contributed by atoms with E-state index in [1.807, 2.05) is 12.1 Å². The van der Waals surface area contributed by atoms with Crippen LogP contribution in [-0.4, -0.2) is 48.3 Å². The standard InChI is InChI=1S/C10H15ClN4/c1-14-4-6-15(7-5-14)10-3-2-9(8-11)12-13-10/h2-3H,4-8H2,1H3. The van der Waals surface area contributed by atoms with Crippen molar-refractivity contribution in [2.24, 2.45) is 0 Å². The summed E-state index contributed by atoms with van der Waals surface area (Å²) in [5.41, 5.74) is 0.828. The monoisotopic (exact) mass is 226 g/mol. The van der Waals surface area contributed by atoms with Crippen LogP contribution >= 0.6 is 11.6 Å². The van der Waals surface area contributed by atoms with Crippen molar-refractivity contribution in [1.29, 1.82) is 0 Å². The molecule has 0 aliphatic carbocycles. The van der Waals surface area contributed by atoms with Crippen LogP contribution in [0.1, 0.15) is 5.69 Å². The summed E-state index contributed by atoms with van der Waals surface area (Å²) in [5, 5.41) is 8.23. The van der Waals surface area contributed by atoms with Gasteiger partial charge >= 0.3 is 0 Å². The van der Waals surface area contributed by atoms with Gasteiger partial charge in [0.1, 0.15) is 0 Å². The third-order valence-corrected chi connectivity index (χ3v) is 2.94. The van der Waals surface area contributed by atoms with Gasteiger partial charge in [-0.3, -0.25) is 0 Å². The van der Waals surface area contributed by atoms with Crippen LogP contribution in [0.3, 0.4) is 0 Å². The van der Waals surface area contributed by atoms with E-state index in [4.69, 9.17) is 11.6 Å². The number of aromatic nitrogens is 2. The molecule has 0 atom stereocenters. The molecule has 0 radical (unpaired) electrons. The summed E-state index contributed by atoms with van der Waals surface area (Å²) in [7, 11) is 2.14. The van der Waals surface area contributed by atoms with Crippen molar-refractivity contribution < 1.29 is 0 Å². The van der Waals surface area contributed by atoms with Gasteiger partial charge in [-0.1, -0.05) is 0 Å². The van der Waals surface area contributed by atoms with E-state index in [2.05, 4.69) is 27.0 Å². The molecule has 82 valence electrons. The zero-order chi connectivity index (χ0) is 10.7. The van der Waals surface area contributed by atoms with E-state index in [0.29, 0.717) is 5.88 Å². The Morgan fingerprint density at radius 3 is 2.47 bits per heavy atom. The molecule has 5 heteroatoms. The Morgan fingerprint density at radius 1 is 1.20 bits per heavy atom. The van der Waals surface area contributed by atoms with Crippen LogP contribution in [0.15, 0.2) is 12.1 Å². The molecule has 1 aliphatic heterocycles. The second-order valence-corrected chi connectivity index (χ2v) is 4.07. The topological polar surface area (TPSA) is 32.3 Å². The second kappa shape index (κ2) is 4.77. The fraction of sp³-hybridized carbons (Fsp3) is 0.600. The Balaban J connectivity index is 2.03. The maximum absolute atomic E-state index is 5.66. The van der Waals surface area contributed by atoms with Crippen molar-refractivity contribution in [3.8, 4) is 0 Å². The Labute approximate surface area is 94.8 Å². The Hall–Kier alpha value is -0.870. The minimum atomic E-state index is 0.427. The van der Waals surface area contributed by atoms with Gasteiger partial charge in [0.15, 0.2) is 5.82 Å². The van der Waals surface area contributed by atoms with E-state index in [0.717, 1.165) is 37.7 Å². The summed E-state index contributed by atoms with van der Waals surface area (Å²) in [4.78, 5) is 4.57. The van der Waals surface area contributed by atoms with Crippen LogP contribution < -0.4 is 4.90 Å². The lowest BCUT2D eigenvalue weighted by molar-refractivity contribution is 0.311.